The molecular formula is C9H10ClFN2. The van der Waals surface area contributed by atoms with Crippen molar-refractivity contribution in [1.29, 1.82) is 0 Å². The minimum atomic E-state index is -0.368. The second-order valence-electron chi connectivity index (χ2n) is 2.55. The van der Waals surface area contributed by atoms with Crippen molar-refractivity contribution in [2.45, 2.75) is 13.3 Å². The van der Waals surface area contributed by atoms with Crippen LogP contribution in [-0.2, 0) is 0 Å². The summed E-state index contributed by atoms with van der Waals surface area (Å²) in [6, 6.07) is 3.99. The van der Waals surface area contributed by atoms with Crippen molar-refractivity contribution in [3.05, 3.63) is 29.0 Å². The normalized spacial score (nSPS) is 11.8. The summed E-state index contributed by atoms with van der Waals surface area (Å²) in [5.41, 5.74) is 5.87. The van der Waals surface area contributed by atoms with E-state index in [4.69, 9.17) is 17.3 Å². The SMILES string of the molecule is CCC(N)=Nc1cc(F)ccc1Cl. The van der Waals surface area contributed by atoms with Gasteiger partial charge in [0.05, 0.1) is 16.5 Å². The molecule has 0 aromatic heterocycles. The highest BCUT2D eigenvalue weighted by molar-refractivity contribution is 6.33. The van der Waals surface area contributed by atoms with Crippen LogP contribution in [0.5, 0.6) is 0 Å². The molecule has 4 heteroatoms. The molecule has 13 heavy (non-hydrogen) atoms. The Hall–Kier alpha value is -1.09. The van der Waals surface area contributed by atoms with Gasteiger partial charge in [0, 0.05) is 12.5 Å². The van der Waals surface area contributed by atoms with Crippen LogP contribution >= 0.6 is 11.6 Å². The summed E-state index contributed by atoms with van der Waals surface area (Å²) >= 11 is 5.77. The molecule has 0 atom stereocenters. The van der Waals surface area contributed by atoms with Crippen LogP contribution in [0.2, 0.25) is 5.02 Å². The first kappa shape index (κ1) is 9.99. The topological polar surface area (TPSA) is 38.4 Å². The fraction of sp³-hybridized carbons (Fsp3) is 0.222. The second-order valence-corrected chi connectivity index (χ2v) is 2.96. The van der Waals surface area contributed by atoms with Crippen molar-refractivity contribution < 1.29 is 4.39 Å². The van der Waals surface area contributed by atoms with Gasteiger partial charge in [-0.1, -0.05) is 18.5 Å². The molecule has 2 nitrogen and oxygen atoms in total. The minimum absolute atomic E-state index is 0.368. The molecule has 1 aromatic rings. The first-order valence-electron chi connectivity index (χ1n) is 3.91. The van der Waals surface area contributed by atoms with E-state index in [0.29, 0.717) is 23.0 Å². The monoisotopic (exact) mass is 200 g/mol. The van der Waals surface area contributed by atoms with E-state index < -0.39 is 0 Å². The van der Waals surface area contributed by atoms with E-state index in [9.17, 15) is 4.39 Å². The zero-order valence-corrected chi connectivity index (χ0v) is 7.98. The van der Waals surface area contributed by atoms with Crippen molar-refractivity contribution in [3.8, 4) is 0 Å². The molecule has 0 saturated carbocycles. The van der Waals surface area contributed by atoms with Crippen LogP contribution in [0.15, 0.2) is 23.2 Å². The molecule has 0 radical (unpaired) electrons. The van der Waals surface area contributed by atoms with Crippen LogP contribution in [0, 0.1) is 5.82 Å². The van der Waals surface area contributed by atoms with Gasteiger partial charge in [0.1, 0.15) is 5.82 Å². The summed E-state index contributed by atoms with van der Waals surface area (Å²) in [5.74, 6) is 0.0690. The molecule has 0 spiro atoms. The first-order valence-corrected chi connectivity index (χ1v) is 4.29. The molecular weight excluding hydrogens is 191 g/mol. The van der Waals surface area contributed by atoms with E-state index in [0.717, 1.165) is 0 Å². The zero-order chi connectivity index (χ0) is 9.84. The van der Waals surface area contributed by atoms with E-state index in [-0.39, 0.29) is 5.82 Å². The molecule has 0 amide bonds. The van der Waals surface area contributed by atoms with Gasteiger partial charge < -0.3 is 5.73 Å². The largest absolute Gasteiger partial charge is 0.387 e. The third kappa shape index (κ3) is 2.70. The molecule has 0 aliphatic carbocycles. The Morgan fingerprint density at radius 1 is 1.62 bits per heavy atom. The average Bonchev–Trinajstić information content (AvgIpc) is 2.11. The Bertz CT molecular complexity index is 336. The highest BCUT2D eigenvalue weighted by Gasteiger charge is 2.00. The van der Waals surface area contributed by atoms with Crippen molar-refractivity contribution in [1.82, 2.24) is 0 Å². The predicted octanol–water partition coefficient (Wildman–Crippen LogP) is 2.88. The Morgan fingerprint density at radius 3 is 2.92 bits per heavy atom. The van der Waals surface area contributed by atoms with E-state index in [2.05, 4.69) is 4.99 Å². The lowest BCUT2D eigenvalue weighted by Gasteiger charge is -1.99. The quantitative estimate of drug-likeness (QED) is 0.579. The van der Waals surface area contributed by atoms with Crippen molar-refractivity contribution in [2.24, 2.45) is 10.7 Å². The number of nitrogens with zero attached hydrogens (tertiary/aromatic N) is 1. The molecule has 1 aromatic carbocycles. The first-order chi connectivity index (χ1) is 6.13. The Kier molecular flexibility index (Phi) is 3.25. The molecule has 0 fully saturated rings. The number of hydrogen-bond donors (Lipinski definition) is 1. The van der Waals surface area contributed by atoms with Crippen LogP contribution in [0.3, 0.4) is 0 Å². The molecule has 0 aliphatic heterocycles. The number of benzene rings is 1. The maximum absolute atomic E-state index is 12.7. The van der Waals surface area contributed by atoms with Gasteiger partial charge in [-0.2, -0.15) is 0 Å². The molecule has 2 N–H and O–H groups in total. The standard InChI is InChI=1S/C9H10ClFN2/c1-2-9(12)13-8-5-6(11)3-4-7(8)10/h3-5H,2H2,1H3,(H2,12,13). The number of hydrogen-bond acceptors (Lipinski definition) is 1. The van der Waals surface area contributed by atoms with Gasteiger partial charge in [-0.15, -0.1) is 0 Å². The smallest absolute Gasteiger partial charge is 0.125 e. The maximum Gasteiger partial charge on any atom is 0.125 e. The molecule has 1 rings (SSSR count). The van der Waals surface area contributed by atoms with Crippen LogP contribution in [0.25, 0.3) is 0 Å². The highest BCUT2D eigenvalue weighted by Crippen LogP contribution is 2.25. The maximum atomic E-state index is 12.7. The summed E-state index contributed by atoms with van der Waals surface area (Å²) < 4.78 is 12.7. The predicted molar refractivity (Wildman–Crippen MR) is 53.0 cm³/mol. The van der Waals surface area contributed by atoms with Gasteiger partial charge in [0.2, 0.25) is 0 Å². The lowest BCUT2D eigenvalue weighted by atomic mass is 10.3. The fourth-order valence-electron chi connectivity index (χ4n) is 0.805. The Balaban J connectivity index is 3.07. The van der Waals surface area contributed by atoms with Crippen LogP contribution in [-0.4, -0.2) is 5.84 Å². The second kappa shape index (κ2) is 4.23. The van der Waals surface area contributed by atoms with E-state index in [1.165, 1.54) is 18.2 Å². The van der Waals surface area contributed by atoms with E-state index in [1.807, 2.05) is 6.92 Å². The van der Waals surface area contributed by atoms with Crippen LogP contribution < -0.4 is 5.73 Å². The number of nitrogens with two attached hydrogens (primary N) is 1. The molecule has 0 heterocycles. The van der Waals surface area contributed by atoms with Gasteiger partial charge in [-0.25, -0.2) is 9.38 Å². The highest BCUT2D eigenvalue weighted by atomic mass is 35.5. The lowest BCUT2D eigenvalue weighted by Crippen LogP contribution is -2.08. The van der Waals surface area contributed by atoms with Crippen molar-refractivity contribution >= 4 is 23.1 Å². The molecule has 0 bridgehead atoms. The van der Waals surface area contributed by atoms with Crippen molar-refractivity contribution in [2.75, 3.05) is 0 Å². The summed E-state index contributed by atoms with van der Waals surface area (Å²) in [5, 5.41) is 0.401. The van der Waals surface area contributed by atoms with E-state index in [1.54, 1.807) is 0 Å². The lowest BCUT2D eigenvalue weighted by molar-refractivity contribution is 0.628. The molecule has 0 saturated heterocycles. The minimum Gasteiger partial charge on any atom is -0.387 e. The van der Waals surface area contributed by atoms with Crippen molar-refractivity contribution in [3.63, 3.8) is 0 Å². The number of halogens is 2. The summed E-state index contributed by atoms with van der Waals surface area (Å²) in [4.78, 5) is 3.96. The summed E-state index contributed by atoms with van der Waals surface area (Å²) in [6.07, 6.45) is 0.618. The number of rotatable bonds is 2. The van der Waals surface area contributed by atoms with Gasteiger partial charge in [0.25, 0.3) is 0 Å². The average molecular weight is 201 g/mol. The van der Waals surface area contributed by atoms with Gasteiger partial charge in [0.15, 0.2) is 0 Å². The summed E-state index contributed by atoms with van der Waals surface area (Å²) in [6.45, 7) is 1.87. The third-order valence-corrected chi connectivity index (χ3v) is 1.85. The van der Waals surface area contributed by atoms with E-state index >= 15 is 0 Å². The molecule has 0 aliphatic rings. The number of aliphatic imine (C=N–C) groups is 1. The Morgan fingerprint density at radius 2 is 2.31 bits per heavy atom. The summed E-state index contributed by atoms with van der Waals surface area (Å²) in [7, 11) is 0. The van der Waals surface area contributed by atoms with Gasteiger partial charge >= 0.3 is 0 Å². The third-order valence-electron chi connectivity index (χ3n) is 1.53. The van der Waals surface area contributed by atoms with Gasteiger partial charge in [-0.3, -0.25) is 0 Å². The fourth-order valence-corrected chi connectivity index (χ4v) is 0.965. The zero-order valence-electron chi connectivity index (χ0n) is 7.22. The number of amidine groups is 1. The van der Waals surface area contributed by atoms with Gasteiger partial charge in [-0.05, 0) is 12.1 Å². The van der Waals surface area contributed by atoms with Crippen LogP contribution in [0.1, 0.15) is 13.3 Å². The molecule has 0 unspecified atom stereocenters. The Labute approximate surface area is 81.2 Å². The molecule has 70 valence electrons. The van der Waals surface area contributed by atoms with Crippen LogP contribution in [0.4, 0.5) is 10.1 Å².